The van der Waals surface area contributed by atoms with Crippen molar-refractivity contribution in [2.45, 2.75) is 25.4 Å². The van der Waals surface area contributed by atoms with E-state index < -0.39 is 6.17 Å². The molecule has 2 aromatic carbocycles. The fourth-order valence-electron chi connectivity index (χ4n) is 4.14. The molecule has 2 heterocycles. The van der Waals surface area contributed by atoms with Crippen LogP contribution in [0.1, 0.15) is 51.7 Å². The van der Waals surface area contributed by atoms with Crippen LogP contribution in [0.25, 0.3) is 0 Å². The molecule has 2 aliphatic rings. The van der Waals surface area contributed by atoms with Gasteiger partial charge in [-0.05, 0) is 31.0 Å². The zero-order valence-electron chi connectivity index (χ0n) is 17.0. The second-order valence-electron chi connectivity index (χ2n) is 7.45. The summed E-state index contributed by atoms with van der Waals surface area (Å²) in [5, 5.41) is 2.86. The van der Waals surface area contributed by atoms with Crippen molar-refractivity contribution >= 4 is 23.4 Å². The van der Waals surface area contributed by atoms with Gasteiger partial charge >= 0.3 is 0 Å². The van der Waals surface area contributed by atoms with Gasteiger partial charge in [-0.3, -0.25) is 19.3 Å². The fraction of sp³-hybridized carbons (Fsp3) is 0.348. The molecule has 0 radical (unpaired) electrons. The summed E-state index contributed by atoms with van der Waals surface area (Å²) in [6, 6.07) is 14.6. The van der Waals surface area contributed by atoms with Gasteiger partial charge in [-0.2, -0.15) is 0 Å². The maximum absolute atomic E-state index is 13.3. The number of fused-ring (bicyclic) bond motifs is 5. The maximum Gasteiger partial charge on any atom is 0.260 e. The predicted octanol–water partition coefficient (Wildman–Crippen LogP) is 2.73. The predicted molar refractivity (Wildman–Crippen MR) is 112 cm³/mol. The van der Waals surface area contributed by atoms with Crippen LogP contribution in [0, 0.1) is 0 Å². The highest BCUT2D eigenvalue weighted by Gasteiger charge is 2.47. The van der Waals surface area contributed by atoms with Gasteiger partial charge in [0.2, 0.25) is 5.91 Å². The minimum atomic E-state index is -0.471. The third-order valence-electron chi connectivity index (χ3n) is 5.53. The van der Waals surface area contributed by atoms with E-state index in [2.05, 4.69) is 5.32 Å². The molecule has 2 aliphatic heterocycles. The number of benzene rings is 2. The van der Waals surface area contributed by atoms with Crippen molar-refractivity contribution < 1.29 is 19.1 Å². The fourth-order valence-corrected chi connectivity index (χ4v) is 4.14. The van der Waals surface area contributed by atoms with Crippen LogP contribution in [-0.4, -0.2) is 49.4 Å². The van der Waals surface area contributed by atoms with Crippen LogP contribution < -0.4 is 10.2 Å². The molecule has 1 atom stereocenters. The summed E-state index contributed by atoms with van der Waals surface area (Å²) in [6.45, 7) is 1.56. The Balaban J connectivity index is 1.52. The molecule has 0 unspecified atom stereocenters. The summed E-state index contributed by atoms with van der Waals surface area (Å²) in [6.07, 6.45) is 1.13. The molecule has 0 saturated carbocycles. The summed E-state index contributed by atoms with van der Waals surface area (Å²) in [5.41, 5.74) is 2.60. The number of amides is 3. The van der Waals surface area contributed by atoms with Gasteiger partial charge in [0.15, 0.2) is 0 Å². The Bertz CT molecular complexity index is 974. The molecular weight excluding hydrogens is 382 g/mol. The maximum atomic E-state index is 13.3. The number of carbonyl (C=O) groups excluding carboxylic acids is 3. The third kappa shape index (κ3) is 3.57. The highest BCUT2D eigenvalue weighted by molar-refractivity contribution is 6.16. The lowest BCUT2D eigenvalue weighted by Gasteiger charge is -2.41. The number of nitrogens with one attached hydrogen (secondary N) is 1. The summed E-state index contributed by atoms with van der Waals surface area (Å²) in [5.74, 6) is -0.260. The lowest BCUT2D eigenvalue weighted by atomic mass is 10.0. The molecule has 4 rings (SSSR count). The number of hydrogen-bond acceptors (Lipinski definition) is 4. The Morgan fingerprint density at radius 2 is 1.73 bits per heavy atom. The lowest BCUT2D eigenvalue weighted by Crippen LogP contribution is -2.48. The zero-order valence-corrected chi connectivity index (χ0v) is 17.0. The molecule has 7 heteroatoms. The van der Waals surface area contributed by atoms with E-state index in [9.17, 15) is 14.4 Å². The molecule has 0 saturated heterocycles. The Morgan fingerprint density at radius 1 is 1.00 bits per heavy atom. The van der Waals surface area contributed by atoms with E-state index in [4.69, 9.17) is 4.74 Å². The average Bonchev–Trinajstić information content (AvgIpc) is 3.06. The van der Waals surface area contributed by atoms with Crippen LogP contribution in [-0.2, 0) is 9.53 Å². The van der Waals surface area contributed by atoms with E-state index >= 15 is 0 Å². The average molecular weight is 407 g/mol. The number of nitrogens with zero attached hydrogens (tertiary/aromatic N) is 2. The molecule has 0 aromatic heterocycles. The Morgan fingerprint density at radius 3 is 2.53 bits per heavy atom. The van der Waals surface area contributed by atoms with Gasteiger partial charge < -0.3 is 15.0 Å². The number of para-hydroxylation sites is 1. The van der Waals surface area contributed by atoms with Gasteiger partial charge in [0.1, 0.15) is 6.17 Å². The van der Waals surface area contributed by atoms with E-state index in [1.807, 2.05) is 30.3 Å². The van der Waals surface area contributed by atoms with E-state index in [0.717, 1.165) is 12.0 Å². The number of hydrogen-bond donors (Lipinski definition) is 1. The lowest BCUT2D eigenvalue weighted by molar-refractivity contribution is -0.121. The van der Waals surface area contributed by atoms with Gasteiger partial charge in [0.25, 0.3) is 11.8 Å². The van der Waals surface area contributed by atoms with Crippen LogP contribution in [0.4, 0.5) is 5.69 Å². The number of methoxy groups -OCH3 is 1. The molecule has 0 aliphatic carbocycles. The second kappa shape index (κ2) is 8.67. The summed E-state index contributed by atoms with van der Waals surface area (Å²) >= 11 is 0. The van der Waals surface area contributed by atoms with Crippen molar-refractivity contribution in [3.8, 4) is 0 Å². The van der Waals surface area contributed by atoms with Gasteiger partial charge in [-0.15, -0.1) is 0 Å². The van der Waals surface area contributed by atoms with Crippen molar-refractivity contribution in [3.05, 3.63) is 65.2 Å². The number of rotatable bonds is 8. The van der Waals surface area contributed by atoms with Crippen molar-refractivity contribution in [2.75, 3.05) is 31.7 Å². The second-order valence-corrected chi connectivity index (χ2v) is 7.45. The van der Waals surface area contributed by atoms with Crippen molar-refractivity contribution in [1.82, 2.24) is 10.2 Å². The summed E-state index contributed by atoms with van der Waals surface area (Å²) < 4.78 is 4.97. The first-order valence-electron chi connectivity index (χ1n) is 10.2. The number of ether oxygens (including phenoxy) is 1. The minimum absolute atomic E-state index is 0.0456. The van der Waals surface area contributed by atoms with E-state index in [1.54, 1.807) is 35.1 Å². The van der Waals surface area contributed by atoms with E-state index in [1.165, 1.54) is 0 Å². The van der Waals surface area contributed by atoms with Crippen LogP contribution in [0.3, 0.4) is 0 Å². The monoisotopic (exact) mass is 407 g/mol. The van der Waals surface area contributed by atoms with Gasteiger partial charge in [0, 0.05) is 44.4 Å². The first-order chi connectivity index (χ1) is 14.6. The van der Waals surface area contributed by atoms with Crippen molar-refractivity contribution in [3.63, 3.8) is 0 Å². The molecule has 0 fully saturated rings. The van der Waals surface area contributed by atoms with Crippen LogP contribution in [0.2, 0.25) is 0 Å². The van der Waals surface area contributed by atoms with Crippen LogP contribution in [0.15, 0.2) is 48.5 Å². The van der Waals surface area contributed by atoms with Crippen LogP contribution in [0.5, 0.6) is 0 Å². The molecule has 0 bridgehead atoms. The SMILES string of the molecule is COCCCNC(=O)CCCN1C(=O)c2ccccc2N2C(=O)c3ccccc3[C@@H]12. The molecule has 2 aromatic rings. The molecule has 7 nitrogen and oxygen atoms in total. The molecule has 3 amide bonds. The summed E-state index contributed by atoms with van der Waals surface area (Å²) in [4.78, 5) is 41.9. The Hall–Kier alpha value is -3.19. The first kappa shape index (κ1) is 20.1. The topological polar surface area (TPSA) is 79.0 Å². The molecule has 0 spiro atoms. The van der Waals surface area contributed by atoms with Gasteiger partial charge in [-0.25, -0.2) is 0 Å². The van der Waals surface area contributed by atoms with E-state index in [0.29, 0.717) is 49.4 Å². The molecule has 156 valence electrons. The quantitative estimate of drug-likeness (QED) is 0.683. The smallest absolute Gasteiger partial charge is 0.260 e. The standard InChI is InChI=1S/C23H25N3O4/c1-30-15-7-13-24-20(27)12-6-14-25-21-16-8-2-3-9-17(16)23(29)26(21)19-11-5-4-10-18(19)22(25)28/h2-5,8-11,21H,6-7,12-15H2,1H3,(H,24,27)/t21-/m0/s1. The third-order valence-corrected chi connectivity index (χ3v) is 5.53. The molecule has 30 heavy (non-hydrogen) atoms. The Kier molecular flexibility index (Phi) is 5.81. The van der Waals surface area contributed by atoms with E-state index in [-0.39, 0.29) is 17.7 Å². The zero-order chi connectivity index (χ0) is 21.1. The summed E-state index contributed by atoms with van der Waals surface area (Å²) in [7, 11) is 1.63. The highest BCUT2D eigenvalue weighted by Crippen LogP contribution is 2.45. The number of anilines is 1. The van der Waals surface area contributed by atoms with Gasteiger partial charge in [-0.1, -0.05) is 30.3 Å². The number of carbonyl (C=O) groups is 3. The molecule has 1 N–H and O–H groups in total. The minimum Gasteiger partial charge on any atom is -0.385 e. The van der Waals surface area contributed by atoms with Crippen molar-refractivity contribution in [2.24, 2.45) is 0 Å². The molecular formula is C23H25N3O4. The van der Waals surface area contributed by atoms with Crippen molar-refractivity contribution in [1.29, 1.82) is 0 Å². The Labute approximate surface area is 175 Å². The highest BCUT2D eigenvalue weighted by atomic mass is 16.5. The first-order valence-corrected chi connectivity index (χ1v) is 10.2. The van der Waals surface area contributed by atoms with Gasteiger partial charge in [0.05, 0.1) is 11.3 Å². The van der Waals surface area contributed by atoms with Crippen LogP contribution >= 0.6 is 0 Å². The largest absolute Gasteiger partial charge is 0.385 e. The normalized spacial score (nSPS) is 16.9.